The second-order valence-electron chi connectivity index (χ2n) is 11.5. The summed E-state index contributed by atoms with van der Waals surface area (Å²) >= 11 is 0. The Balaban J connectivity index is 1.24. The summed E-state index contributed by atoms with van der Waals surface area (Å²) in [5.74, 6) is 0.980. The van der Waals surface area contributed by atoms with Crippen molar-refractivity contribution in [1.29, 1.82) is 5.26 Å². The summed E-state index contributed by atoms with van der Waals surface area (Å²) < 4.78 is 11.7. The number of rotatable bonds is 6. The van der Waals surface area contributed by atoms with Gasteiger partial charge in [0.2, 0.25) is 5.91 Å². The van der Waals surface area contributed by atoms with Gasteiger partial charge in [-0.15, -0.1) is 0 Å². The van der Waals surface area contributed by atoms with E-state index in [1.807, 2.05) is 80.3 Å². The molecule has 7 nitrogen and oxygen atoms in total. The van der Waals surface area contributed by atoms with Gasteiger partial charge in [0.1, 0.15) is 17.5 Å². The summed E-state index contributed by atoms with van der Waals surface area (Å²) in [5, 5.41) is 11.3. The average molecular weight is 526 g/mol. The van der Waals surface area contributed by atoms with Crippen molar-refractivity contribution in [3.8, 4) is 11.8 Å². The summed E-state index contributed by atoms with van der Waals surface area (Å²) in [7, 11) is 0. The lowest BCUT2D eigenvalue weighted by atomic mass is 10.0. The van der Waals surface area contributed by atoms with E-state index in [-0.39, 0.29) is 24.0 Å². The molecule has 2 amide bonds. The van der Waals surface area contributed by atoms with E-state index in [0.29, 0.717) is 25.2 Å². The van der Waals surface area contributed by atoms with Crippen molar-refractivity contribution in [2.24, 2.45) is 5.92 Å². The molecule has 202 valence electrons. The number of benzene rings is 3. The van der Waals surface area contributed by atoms with Crippen molar-refractivity contribution in [1.82, 2.24) is 4.90 Å². The fourth-order valence-corrected chi connectivity index (χ4v) is 4.87. The molecule has 1 saturated carbocycles. The molecule has 1 aliphatic carbocycles. The van der Waals surface area contributed by atoms with Crippen LogP contribution in [0.2, 0.25) is 0 Å². The summed E-state index contributed by atoms with van der Waals surface area (Å²) in [5.41, 5.74) is 1.97. The van der Waals surface area contributed by atoms with Crippen LogP contribution in [0.5, 0.6) is 5.75 Å². The molecule has 3 aromatic rings. The second-order valence-corrected chi connectivity index (χ2v) is 11.5. The quantitative estimate of drug-likeness (QED) is 0.370. The minimum Gasteiger partial charge on any atom is -0.490 e. The fourth-order valence-electron chi connectivity index (χ4n) is 4.87. The summed E-state index contributed by atoms with van der Waals surface area (Å²) in [6, 6.07) is 21.7. The lowest BCUT2D eigenvalue weighted by Gasteiger charge is -2.33. The molecule has 0 spiro atoms. The number of fused-ring (bicyclic) bond motifs is 1. The molecule has 0 radical (unpaired) electrons. The van der Waals surface area contributed by atoms with Crippen LogP contribution >= 0.6 is 0 Å². The predicted octanol–water partition coefficient (Wildman–Crippen LogP) is 6.43. The van der Waals surface area contributed by atoms with Crippen LogP contribution in [-0.4, -0.2) is 41.7 Å². The number of carbonyl (C=O) groups is 2. The third-order valence-electron chi connectivity index (χ3n) is 7.11. The average Bonchev–Trinajstić information content (AvgIpc) is 3.77. The van der Waals surface area contributed by atoms with Crippen LogP contribution in [0.25, 0.3) is 10.8 Å². The van der Waals surface area contributed by atoms with Crippen LogP contribution < -0.4 is 9.64 Å². The van der Waals surface area contributed by atoms with Gasteiger partial charge >= 0.3 is 6.09 Å². The number of amides is 2. The largest absolute Gasteiger partial charge is 0.490 e. The number of hydrogen-bond acceptors (Lipinski definition) is 5. The molecule has 7 heteroatoms. The Bertz CT molecular complexity index is 1390. The summed E-state index contributed by atoms with van der Waals surface area (Å²) in [6.45, 7) is 7.28. The van der Waals surface area contributed by atoms with Gasteiger partial charge in [-0.1, -0.05) is 18.2 Å². The smallest absolute Gasteiger partial charge is 0.410 e. The summed E-state index contributed by atoms with van der Waals surface area (Å²) in [6.07, 6.45) is 3.09. The molecular weight excluding hydrogens is 490 g/mol. The third kappa shape index (κ3) is 6.69. The first kappa shape index (κ1) is 26.6. The number of ether oxygens (including phenoxy) is 2. The molecule has 5 rings (SSSR count). The maximum atomic E-state index is 13.3. The molecule has 1 aliphatic heterocycles. The van der Waals surface area contributed by atoms with E-state index in [1.165, 1.54) is 0 Å². The van der Waals surface area contributed by atoms with E-state index in [9.17, 15) is 14.9 Å². The number of nitriles is 1. The third-order valence-corrected chi connectivity index (χ3v) is 7.11. The standard InChI is InChI=1S/C32H35N3O4/c1-32(2,3)39-31(37)34-16-14-29(15-17-34)38-28-12-10-27(11-13-28)35(30(36)25-8-9-25)21-23-5-7-24-6-4-22(20-33)18-26(24)19-23/h4-7,10-13,18-19,25,29H,8-9,14-17,21H2,1-3H3. The molecular formula is C32H35N3O4. The van der Waals surface area contributed by atoms with Crippen molar-refractivity contribution in [3.63, 3.8) is 0 Å². The first-order chi connectivity index (χ1) is 18.7. The Morgan fingerprint density at radius 3 is 2.28 bits per heavy atom. The Morgan fingerprint density at radius 2 is 1.64 bits per heavy atom. The number of carbonyl (C=O) groups excluding carboxylic acids is 2. The highest BCUT2D eigenvalue weighted by Gasteiger charge is 2.34. The van der Waals surface area contributed by atoms with Crippen LogP contribution in [-0.2, 0) is 16.1 Å². The van der Waals surface area contributed by atoms with Crippen LogP contribution in [0.1, 0.15) is 57.6 Å². The maximum Gasteiger partial charge on any atom is 0.410 e. The van der Waals surface area contributed by atoms with Crippen molar-refractivity contribution >= 4 is 28.5 Å². The van der Waals surface area contributed by atoms with Crippen LogP contribution in [0, 0.1) is 17.2 Å². The molecule has 0 N–H and O–H groups in total. The van der Waals surface area contributed by atoms with Crippen molar-refractivity contribution in [2.75, 3.05) is 18.0 Å². The zero-order valence-electron chi connectivity index (χ0n) is 22.9. The van der Waals surface area contributed by atoms with Crippen LogP contribution in [0.15, 0.2) is 60.7 Å². The highest BCUT2D eigenvalue weighted by atomic mass is 16.6. The van der Waals surface area contributed by atoms with Gasteiger partial charge in [0.05, 0.1) is 18.2 Å². The molecule has 39 heavy (non-hydrogen) atoms. The molecule has 2 aliphatic rings. The molecule has 0 atom stereocenters. The van der Waals surface area contributed by atoms with Gasteiger partial charge in [0.25, 0.3) is 0 Å². The molecule has 0 bridgehead atoms. The number of piperidine rings is 1. The van der Waals surface area contributed by atoms with Crippen LogP contribution in [0.4, 0.5) is 10.5 Å². The van der Waals surface area contributed by atoms with E-state index in [0.717, 1.165) is 53.5 Å². The molecule has 3 aromatic carbocycles. The Hall–Kier alpha value is -4.05. The van der Waals surface area contributed by atoms with Gasteiger partial charge in [-0.25, -0.2) is 4.79 Å². The van der Waals surface area contributed by atoms with E-state index < -0.39 is 5.60 Å². The monoisotopic (exact) mass is 525 g/mol. The van der Waals surface area contributed by atoms with Gasteiger partial charge in [0.15, 0.2) is 0 Å². The Labute approximate surface area is 229 Å². The van der Waals surface area contributed by atoms with Crippen molar-refractivity contribution < 1.29 is 19.1 Å². The predicted molar refractivity (Wildman–Crippen MR) is 150 cm³/mol. The van der Waals surface area contributed by atoms with Gasteiger partial charge in [-0.05, 0) is 92.4 Å². The molecule has 0 unspecified atom stereocenters. The lowest BCUT2D eigenvalue weighted by Crippen LogP contribution is -2.44. The first-order valence-corrected chi connectivity index (χ1v) is 13.7. The minimum atomic E-state index is -0.504. The molecule has 2 fully saturated rings. The zero-order chi connectivity index (χ0) is 27.6. The number of hydrogen-bond donors (Lipinski definition) is 0. The highest BCUT2D eigenvalue weighted by molar-refractivity contribution is 5.96. The highest BCUT2D eigenvalue weighted by Crippen LogP contribution is 2.34. The topological polar surface area (TPSA) is 82.9 Å². The van der Waals surface area contributed by atoms with E-state index >= 15 is 0 Å². The maximum absolute atomic E-state index is 13.3. The first-order valence-electron chi connectivity index (χ1n) is 13.7. The van der Waals surface area contributed by atoms with Crippen LogP contribution in [0.3, 0.4) is 0 Å². The normalized spacial score (nSPS) is 16.0. The molecule has 1 saturated heterocycles. The van der Waals surface area contributed by atoms with Gasteiger partial charge in [-0.3, -0.25) is 4.79 Å². The van der Waals surface area contributed by atoms with E-state index in [2.05, 4.69) is 12.1 Å². The lowest BCUT2D eigenvalue weighted by molar-refractivity contribution is -0.119. The Kier molecular flexibility index (Phi) is 7.47. The fraction of sp³-hybridized carbons (Fsp3) is 0.406. The second kappa shape index (κ2) is 11.0. The molecule has 1 heterocycles. The van der Waals surface area contributed by atoms with E-state index in [1.54, 1.807) is 4.90 Å². The van der Waals surface area contributed by atoms with E-state index in [4.69, 9.17) is 9.47 Å². The van der Waals surface area contributed by atoms with Crippen molar-refractivity contribution in [3.05, 3.63) is 71.8 Å². The number of likely N-dealkylation sites (tertiary alicyclic amines) is 1. The van der Waals surface area contributed by atoms with Gasteiger partial charge in [0, 0.05) is 37.5 Å². The van der Waals surface area contributed by atoms with Gasteiger partial charge < -0.3 is 19.3 Å². The SMILES string of the molecule is CC(C)(C)OC(=O)N1CCC(Oc2ccc(N(Cc3ccc4ccc(C#N)cc4c3)C(=O)C3CC3)cc2)CC1. The zero-order valence-corrected chi connectivity index (χ0v) is 22.9. The number of anilines is 1. The van der Waals surface area contributed by atoms with Gasteiger partial charge in [-0.2, -0.15) is 5.26 Å². The minimum absolute atomic E-state index is 0.0228. The molecule has 0 aromatic heterocycles. The Morgan fingerprint density at radius 1 is 0.949 bits per heavy atom. The summed E-state index contributed by atoms with van der Waals surface area (Å²) in [4.78, 5) is 29.2. The van der Waals surface area contributed by atoms with Crippen molar-refractivity contribution in [2.45, 2.75) is 64.7 Å². The number of nitrogens with zero attached hydrogens (tertiary/aromatic N) is 3.